The Balaban J connectivity index is 3.11. The Bertz CT molecular complexity index is 330. The van der Waals surface area contributed by atoms with Crippen molar-refractivity contribution < 1.29 is 13.9 Å². The summed E-state index contributed by atoms with van der Waals surface area (Å²) in [7, 11) is 3.11. The van der Waals surface area contributed by atoms with Crippen LogP contribution in [0.2, 0.25) is 0 Å². The molecule has 0 radical (unpaired) electrons. The summed E-state index contributed by atoms with van der Waals surface area (Å²) < 4.78 is 24.1. The van der Waals surface area contributed by atoms with Gasteiger partial charge in [0.1, 0.15) is 17.7 Å². The Morgan fingerprint density at radius 2 is 1.75 bits per heavy atom. The molecule has 0 fully saturated rings. The van der Waals surface area contributed by atoms with E-state index in [1.54, 1.807) is 26.4 Å². The van der Waals surface area contributed by atoms with Crippen molar-refractivity contribution in [2.45, 2.75) is 19.5 Å². The lowest BCUT2D eigenvalue weighted by Crippen LogP contribution is -2.04. The second kappa shape index (κ2) is 5.70. The number of alkyl halides is 1. The molecule has 0 heterocycles. The van der Waals surface area contributed by atoms with Gasteiger partial charge in [-0.1, -0.05) is 0 Å². The van der Waals surface area contributed by atoms with Gasteiger partial charge in [0.15, 0.2) is 0 Å². The van der Waals surface area contributed by atoms with Crippen LogP contribution in [0.4, 0.5) is 4.39 Å². The van der Waals surface area contributed by atoms with Crippen molar-refractivity contribution in [2.75, 3.05) is 20.8 Å². The maximum Gasteiger partial charge on any atom is 0.127 e. The predicted octanol–water partition coefficient (Wildman–Crippen LogP) is 2.37. The summed E-state index contributed by atoms with van der Waals surface area (Å²) in [4.78, 5) is 0. The van der Waals surface area contributed by atoms with E-state index >= 15 is 0 Å². The van der Waals surface area contributed by atoms with E-state index in [9.17, 15) is 4.39 Å². The third-order valence-corrected chi connectivity index (χ3v) is 2.56. The van der Waals surface area contributed by atoms with Gasteiger partial charge in [-0.15, -0.1) is 0 Å². The number of methoxy groups -OCH3 is 2. The number of benzene rings is 1. The van der Waals surface area contributed by atoms with Crippen molar-refractivity contribution in [1.82, 2.24) is 0 Å². The maximum absolute atomic E-state index is 13.7. The quantitative estimate of drug-likeness (QED) is 0.839. The predicted molar refractivity (Wildman–Crippen MR) is 61.8 cm³/mol. The minimum atomic E-state index is -1.08. The first-order chi connectivity index (χ1) is 7.63. The lowest BCUT2D eigenvalue weighted by atomic mass is 10.0. The Morgan fingerprint density at radius 1 is 1.25 bits per heavy atom. The molecule has 4 heteroatoms. The molecule has 3 nitrogen and oxygen atoms in total. The zero-order chi connectivity index (χ0) is 12.1. The van der Waals surface area contributed by atoms with Gasteiger partial charge in [-0.3, -0.25) is 0 Å². The highest BCUT2D eigenvalue weighted by molar-refractivity contribution is 5.47. The van der Waals surface area contributed by atoms with Crippen LogP contribution in [0.15, 0.2) is 12.1 Å². The smallest absolute Gasteiger partial charge is 0.127 e. The molecular formula is C12H18FNO2. The van der Waals surface area contributed by atoms with Crippen molar-refractivity contribution >= 4 is 0 Å². The second-order valence-corrected chi connectivity index (χ2v) is 3.60. The monoisotopic (exact) mass is 227 g/mol. The Morgan fingerprint density at radius 3 is 2.12 bits per heavy atom. The van der Waals surface area contributed by atoms with Crippen LogP contribution in [0.3, 0.4) is 0 Å². The maximum atomic E-state index is 13.7. The highest BCUT2D eigenvalue weighted by atomic mass is 19.1. The molecule has 1 aromatic rings. The van der Waals surface area contributed by atoms with E-state index < -0.39 is 6.17 Å². The standard InChI is InChI=1S/C12H18FNO2/c1-8-11(15-2)6-9(7-12(8)16-3)10(13)4-5-14/h6-7,10H,4-5,14H2,1-3H3. The summed E-state index contributed by atoms with van der Waals surface area (Å²) in [6.45, 7) is 2.19. The van der Waals surface area contributed by atoms with E-state index in [-0.39, 0.29) is 0 Å². The zero-order valence-corrected chi connectivity index (χ0v) is 9.92. The van der Waals surface area contributed by atoms with Crippen molar-refractivity contribution in [3.63, 3.8) is 0 Å². The summed E-state index contributed by atoms with van der Waals surface area (Å²) >= 11 is 0. The minimum Gasteiger partial charge on any atom is -0.496 e. The van der Waals surface area contributed by atoms with E-state index in [4.69, 9.17) is 15.2 Å². The summed E-state index contributed by atoms with van der Waals surface area (Å²) in [5.41, 5.74) is 6.75. The molecule has 16 heavy (non-hydrogen) atoms. The molecule has 0 aliphatic heterocycles. The Hall–Kier alpha value is -1.29. The summed E-state index contributed by atoms with van der Waals surface area (Å²) in [6, 6.07) is 3.39. The van der Waals surface area contributed by atoms with Crippen LogP contribution < -0.4 is 15.2 Å². The third-order valence-electron chi connectivity index (χ3n) is 2.56. The topological polar surface area (TPSA) is 44.5 Å². The number of halogens is 1. The Kier molecular flexibility index (Phi) is 4.55. The summed E-state index contributed by atoms with van der Waals surface area (Å²) in [5, 5.41) is 0. The van der Waals surface area contributed by atoms with E-state index in [0.29, 0.717) is 30.0 Å². The molecule has 0 amide bonds. The molecule has 0 aromatic heterocycles. The molecule has 1 atom stereocenters. The van der Waals surface area contributed by atoms with Crippen LogP contribution in [0.25, 0.3) is 0 Å². The first-order valence-electron chi connectivity index (χ1n) is 5.20. The van der Waals surface area contributed by atoms with E-state index in [1.807, 2.05) is 6.92 Å². The van der Waals surface area contributed by atoms with Crippen molar-refractivity contribution in [2.24, 2.45) is 5.73 Å². The number of hydrogen-bond acceptors (Lipinski definition) is 3. The molecule has 1 aromatic carbocycles. The van der Waals surface area contributed by atoms with Gasteiger partial charge in [0.05, 0.1) is 14.2 Å². The summed E-state index contributed by atoms with van der Waals surface area (Å²) in [6.07, 6.45) is -0.775. The lowest BCUT2D eigenvalue weighted by Gasteiger charge is -2.14. The van der Waals surface area contributed by atoms with Crippen LogP contribution in [0.1, 0.15) is 23.7 Å². The van der Waals surface area contributed by atoms with E-state index in [1.165, 1.54) is 0 Å². The van der Waals surface area contributed by atoms with Gasteiger partial charge in [0.2, 0.25) is 0 Å². The first kappa shape index (κ1) is 12.8. The SMILES string of the molecule is COc1cc(C(F)CCN)cc(OC)c1C. The number of rotatable bonds is 5. The molecule has 1 rings (SSSR count). The van der Waals surface area contributed by atoms with Gasteiger partial charge in [-0.25, -0.2) is 4.39 Å². The van der Waals surface area contributed by atoms with Crippen molar-refractivity contribution in [3.8, 4) is 11.5 Å². The van der Waals surface area contributed by atoms with E-state index in [0.717, 1.165) is 5.56 Å². The summed E-state index contributed by atoms with van der Waals surface area (Å²) in [5.74, 6) is 1.27. The fraction of sp³-hybridized carbons (Fsp3) is 0.500. The molecule has 2 N–H and O–H groups in total. The second-order valence-electron chi connectivity index (χ2n) is 3.60. The van der Waals surface area contributed by atoms with Crippen LogP contribution in [0.5, 0.6) is 11.5 Å². The minimum absolute atomic E-state index is 0.301. The first-order valence-corrected chi connectivity index (χ1v) is 5.20. The number of hydrogen-bond donors (Lipinski definition) is 1. The Labute approximate surface area is 95.4 Å². The molecule has 0 bridgehead atoms. The molecule has 0 saturated carbocycles. The van der Waals surface area contributed by atoms with Gasteiger partial charge in [0.25, 0.3) is 0 Å². The average molecular weight is 227 g/mol. The fourth-order valence-corrected chi connectivity index (χ4v) is 1.60. The number of nitrogens with two attached hydrogens (primary N) is 1. The molecule has 1 unspecified atom stereocenters. The lowest BCUT2D eigenvalue weighted by molar-refractivity contribution is 0.322. The number of ether oxygens (including phenoxy) is 2. The highest BCUT2D eigenvalue weighted by Crippen LogP contribution is 2.33. The van der Waals surface area contributed by atoms with Crippen molar-refractivity contribution in [1.29, 1.82) is 0 Å². The van der Waals surface area contributed by atoms with Crippen LogP contribution in [-0.2, 0) is 0 Å². The van der Waals surface area contributed by atoms with Gasteiger partial charge >= 0.3 is 0 Å². The van der Waals surface area contributed by atoms with Crippen molar-refractivity contribution in [3.05, 3.63) is 23.3 Å². The van der Waals surface area contributed by atoms with Crippen LogP contribution in [-0.4, -0.2) is 20.8 Å². The average Bonchev–Trinajstić information content (AvgIpc) is 2.29. The largest absolute Gasteiger partial charge is 0.496 e. The molecular weight excluding hydrogens is 209 g/mol. The molecule has 0 spiro atoms. The van der Waals surface area contributed by atoms with Crippen LogP contribution in [0, 0.1) is 6.92 Å². The normalized spacial score (nSPS) is 12.3. The molecule has 0 aliphatic rings. The molecule has 0 saturated heterocycles. The molecule has 90 valence electrons. The molecule has 0 aliphatic carbocycles. The van der Waals surface area contributed by atoms with Gasteiger partial charge in [-0.2, -0.15) is 0 Å². The third kappa shape index (κ3) is 2.64. The zero-order valence-electron chi connectivity index (χ0n) is 9.92. The highest BCUT2D eigenvalue weighted by Gasteiger charge is 2.14. The van der Waals surface area contributed by atoms with Gasteiger partial charge in [-0.05, 0) is 37.6 Å². The fourth-order valence-electron chi connectivity index (χ4n) is 1.60. The van der Waals surface area contributed by atoms with E-state index in [2.05, 4.69) is 0 Å². The van der Waals surface area contributed by atoms with Gasteiger partial charge in [0, 0.05) is 5.56 Å². The van der Waals surface area contributed by atoms with Gasteiger partial charge < -0.3 is 15.2 Å². The van der Waals surface area contributed by atoms with Crippen LogP contribution >= 0.6 is 0 Å².